The van der Waals surface area contributed by atoms with Gasteiger partial charge >= 0.3 is 6.18 Å². The third-order valence-electron chi connectivity index (χ3n) is 8.88. The number of rotatable bonds is 8. The fourth-order valence-corrected chi connectivity index (χ4v) is 6.39. The zero-order chi connectivity index (χ0) is 28.3. The molecule has 0 unspecified atom stereocenters. The first-order valence-electron chi connectivity index (χ1n) is 13.5. The molecule has 1 N–H and O–H groups in total. The molecule has 2 fully saturated rings. The number of ether oxygens (including phenoxy) is 1. The summed E-state index contributed by atoms with van der Waals surface area (Å²) < 4.78 is 62.4. The first-order chi connectivity index (χ1) is 19.0. The number of halogens is 4. The van der Waals surface area contributed by atoms with E-state index < -0.39 is 29.9 Å². The SMILES string of the molecule is Cn1cnnc1[C@]1(c2cccc(N3Cc4c(cc(CNC5(C)CCC5)cc4C(F)(F)F)C3=O)c2)C[C@H](OCF)C1. The summed E-state index contributed by atoms with van der Waals surface area (Å²) in [6, 6.07) is 9.97. The summed E-state index contributed by atoms with van der Waals surface area (Å²) in [5, 5.41) is 11.7. The van der Waals surface area contributed by atoms with E-state index in [1.807, 2.05) is 19.2 Å². The van der Waals surface area contributed by atoms with Gasteiger partial charge in [-0.2, -0.15) is 13.2 Å². The van der Waals surface area contributed by atoms with E-state index in [-0.39, 0.29) is 35.9 Å². The number of alkyl halides is 4. The summed E-state index contributed by atoms with van der Waals surface area (Å²) in [7, 11) is 1.82. The van der Waals surface area contributed by atoms with Crippen LogP contribution in [0.3, 0.4) is 0 Å². The number of nitrogens with one attached hydrogen (secondary N) is 1. The lowest BCUT2D eigenvalue weighted by Crippen LogP contribution is -2.48. The highest BCUT2D eigenvalue weighted by Gasteiger charge is 2.51. The fraction of sp³-hybridized carbons (Fsp3) is 0.483. The number of aryl methyl sites for hydroxylation is 1. The van der Waals surface area contributed by atoms with Crippen molar-refractivity contribution in [2.24, 2.45) is 7.05 Å². The predicted molar refractivity (Wildman–Crippen MR) is 139 cm³/mol. The maximum Gasteiger partial charge on any atom is 0.416 e. The quantitative estimate of drug-likeness (QED) is 0.375. The number of carbonyl (C=O) groups excluding carboxylic acids is 1. The largest absolute Gasteiger partial charge is 0.416 e. The van der Waals surface area contributed by atoms with E-state index in [1.165, 1.54) is 11.0 Å². The molecule has 0 bridgehead atoms. The molecule has 0 spiro atoms. The number of anilines is 1. The number of amides is 1. The molecule has 2 saturated carbocycles. The normalized spacial score (nSPS) is 23.6. The first kappa shape index (κ1) is 26.9. The molecule has 0 saturated heterocycles. The van der Waals surface area contributed by atoms with Gasteiger partial charge in [0.2, 0.25) is 0 Å². The minimum Gasteiger partial charge on any atom is -0.347 e. The van der Waals surface area contributed by atoms with Crippen LogP contribution in [0.2, 0.25) is 0 Å². The van der Waals surface area contributed by atoms with Crippen molar-refractivity contribution in [3.8, 4) is 0 Å². The van der Waals surface area contributed by atoms with Gasteiger partial charge in [0, 0.05) is 30.4 Å². The zero-order valence-corrected chi connectivity index (χ0v) is 22.4. The van der Waals surface area contributed by atoms with Gasteiger partial charge in [-0.15, -0.1) is 10.2 Å². The van der Waals surface area contributed by atoms with Crippen LogP contribution >= 0.6 is 0 Å². The topological polar surface area (TPSA) is 72.3 Å². The van der Waals surface area contributed by atoms with Gasteiger partial charge < -0.3 is 19.5 Å². The second-order valence-electron chi connectivity index (χ2n) is 11.5. The molecule has 7 nitrogen and oxygen atoms in total. The van der Waals surface area contributed by atoms with E-state index in [1.54, 1.807) is 29.1 Å². The van der Waals surface area contributed by atoms with E-state index in [0.29, 0.717) is 29.9 Å². The van der Waals surface area contributed by atoms with Gasteiger partial charge in [0.05, 0.1) is 23.6 Å². The van der Waals surface area contributed by atoms with E-state index in [9.17, 15) is 22.4 Å². The standard InChI is InChI=1S/C29H31F4N5O2/c1-27(7-4-8-27)34-14-18-9-22-23(24(10-18)29(31,32)33)15-38(25(22)39)20-6-3-5-19(11-20)28(12-21(13-28)40-16-30)26-36-35-17-37(26)2/h3,5-6,9-11,17,21,34H,4,7-8,12-16H2,1-2H3/t21-,28+. The molecular weight excluding hydrogens is 526 g/mol. The highest BCUT2D eigenvalue weighted by Crippen LogP contribution is 2.50. The van der Waals surface area contributed by atoms with Gasteiger partial charge in [0.25, 0.3) is 5.91 Å². The average Bonchev–Trinajstić information content (AvgIpc) is 3.45. The Morgan fingerprint density at radius 2 is 1.95 bits per heavy atom. The number of hydrogen-bond donors (Lipinski definition) is 1. The summed E-state index contributed by atoms with van der Waals surface area (Å²) in [4.78, 5) is 15.0. The van der Waals surface area contributed by atoms with Crippen molar-refractivity contribution in [3.05, 3.63) is 76.4 Å². The Balaban J connectivity index is 1.33. The number of hydrogen-bond acceptors (Lipinski definition) is 5. The van der Waals surface area contributed by atoms with Crippen molar-refractivity contribution in [1.29, 1.82) is 0 Å². The summed E-state index contributed by atoms with van der Waals surface area (Å²) in [5.74, 6) is 0.213. The lowest BCUT2D eigenvalue weighted by Gasteiger charge is -2.46. The molecule has 6 rings (SSSR count). The van der Waals surface area contributed by atoms with Crippen LogP contribution in [0.5, 0.6) is 0 Å². The van der Waals surface area contributed by atoms with Crippen LogP contribution in [-0.2, 0) is 36.5 Å². The van der Waals surface area contributed by atoms with Crippen molar-refractivity contribution in [2.45, 2.75) is 75.4 Å². The van der Waals surface area contributed by atoms with Crippen LogP contribution < -0.4 is 10.2 Å². The van der Waals surface area contributed by atoms with Crippen molar-refractivity contribution in [2.75, 3.05) is 11.8 Å². The number of carbonyl (C=O) groups is 1. The Morgan fingerprint density at radius 1 is 1.18 bits per heavy atom. The van der Waals surface area contributed by atoms with E-state index in [2.05, 4.69) is 22.4 Å². The monoisotopic (exact) mass is 557 g/mol. The third-order valence-corrected chi connectivity index (χ3v) is 8.88. The average molecular weight is 558 g/mol. The summed E-state index contributed by atoms with van der Waals surface area (Å²) >= 11 is 0. The number of benzene rings is 2. The molecule has 2 aliphatic carbocycles. The molecular formula is C29H31F4N5O2. The molecule has 212 valence electrons. The van der Waals surface area contributed by atoms with Crippen LogP contribution in [0, 0.1) is 0 Å². The van der Waals surface area contributed by atoms with Crippen LogP contribution in [0.25, 0.3) is 0 Å². The molecule has 3 aliphatic rings. The highest BCUT2D eigenvalue weighted by molar-refractivity contribution is 6.10. The predicted octanol–water partition coefficient (Wildman–Crippen LogP) is 5.42. The molecule has 3 aromatic rings. The van der Waals surface area contributed by atoms with Crippen molar-refractivity contribution in [1.82, 2.24) is 20.1 Å². The minimum atomic E-state index is -4.59. The van der Waals surface area contributed by atoms with Crippen LogP contribution in [-0.4, -0.2) is 39.2 Å². The van der Waals surface area contributed by atoms with Gasteiger partial charge in [-0.05, 0) is 80.0 Å². The Morgan fingerprint density at radius 3 is 2.58 bits per heavy atom. The van der Waals surface area contributed by atoms with Gasteiger partial charge in [0.1, 0.15) is 12.2 Å². The van der Waals surface area contributed by atoms with Gasteiger partial charge in [-0.1, -0.05) is 12.1 Å². The Bertz CT molecular complexity index is 1440. The smallest absolute Gasteiger partial charge is 0.347 e. The molecule has 11 heteroatoms. The van der Waals surface area contributed by atoms with Crippen LogP contribution in [0.4, 0.5) is 23.2 Å². The van der Waals surface area contributed by atoms with E-state index >= 15 is 0 Å². The molecule has 2 heterocycles. The van der Waals surface area contributed by atoms with Crippen molar-refractivity contribution >= 4 is 11.6 Å². The molecule has 0 atom stereocenters. The second kappa shape index (κ2) is 9.66. The fourth-order valence-electron chi connectivity index (χ4n) is 6.39. The van der Waals surface area contributed by atoms with Gasteiger partial charge in [-0.3, -0.25) is 4.79 Å². The third kappa shape index (κ3) is 4.49. The Labute approximate surface area is 229 Å². The lowest BCUT2D eigenvalue weighted by molar-refractivity contribution is -0.138. The summed E-state index contributed by atoms with van der Waals surface area (Å²) in [5.41, 5.74) is 0.352. The van der Waals surface area contributed by atoms with Crippen LogP contribution in [0.15, 0.2) is 42.7 Å². The molecule has 0 radical (unpaired) electrons. The summed E-state index contributed by atoms with van der Waals surface area (Å²) in [6.07, 6.45) is 0.671. The Kier molecular flexibility index (Phi) is 6.49. The minimum absolute atomic E-state index is 0.00965. The maximum atomic E-state index is 14.2. The number of fused-ring (bicyclic) bond motifs is 1. The van der Waals surface area contributed by atoms with E-state index in [4.69, 9.17) is 4.74 Å². The zero-order valence-electron chi connectivity index (χ0n) is 22.4. The van der Waals surface area contributed by atoms with Gasteiger partial charge in [-0.25, -0.2) is 4.39 Å². The molecule has 1 aromatic heterocycles. The Hall–Kier alpha value is -3.31. The molecule has 40 heavy (non-hydrogen) atoms. The highest BCUT2D eigenvalue weighted by atomic mass is 19.4. The number of nitrogens with zero attached hydrogens (tertiary/aromatic N) is 4. The molecule has 2 aromatic carbocycles. The van der Waals surface area contributed by atoms with E-state index in [0.717, 1.165) is 24.8 Å². The molecule has 1 amide bonds. The summed E-state index contributed by atoms with van der Waals surface area (Å²) in [6.45, 7) is 1.26. The second-order valence-corrected chi connectivity index (χ2v) is 11.5. The van der Waals surface area contributed by atoms with Crippen molar-refractivity contribution in [3.63, 3.8) is 0 Å². The van der Waals surface area contributed by atoms with Crippen molar-refractivity contribution < 1.29 is 27.1 Å². The lowest BCUT2D eigenvalue weighted by atomic mass is 9.62. The van der Waals surface area contributed by atoms with Crippen LogP contribution in [0.1, 0.15) is 77.5 Å². The maximum absolute atomic E-state index is 14.2. The first-order valence-corrected chi connectivity index (χ1v) is 13.5. The molecule has 1 aliphatic heterocycles. The van der Waals surface area contributed by atoms with Gasteiger partial charge in [0.15, 0.2) is 6.86 Å². The number of aromatic nitrogens is 3.